The molecule has 1 aliphatic carbocycles. The zero-order valence-corrected chi connectivity index (χ0v) is 16.2. The molecule has 0 saturated heterocycles. The number of rotatable bonds is 5. The molecule has 0 spiro atoms. The molecule has 0 aliphatic heterocycles. The number of carbonyl (C=O) groups is 1. The number of amides is 1. The van der Waals surface area contributed by atoms with E-state index in [0.717, 1.165) is 28.8 Å². The summed E-state index contributed by atoms with van der Waals surface area (Å²) in [6.45, 7) is 3.63. The Morgan fingerprint density at radius 2 is 1.73 bits per heavy atom. The zero-order chi connectivity index (χ0) is 21.5. The van der Waals surface area contributed by atoms with Gasteiger partial charge in [-0.25, -0.2) is 0 Å². The Kier molecular flexibility index (Phi) is 4.93. The van der Waals surface area contributed by atoms with Crippen LogP contribution in [0.15, 0.2) is 64.7 Å². The molecule has 1 heterocycles. The van der Waals surface area contributed by atoms with Gasteiger partial charge in [-0.3, -0.25) is 4.79 Å². The first kappa shape index (κ1) is 19.9. The summed E-state index contributed by atoms with van der Waals surface area (Å²) in [6.07, 6.45) is -4.41. The summed E-state index contributed by atoms with van der Waals surface area (Å²) >= 11 is 0. The van der Waals surface area contributed by atoms with Gasteiger partial charge in [0, 0.05) is 5.56 Å². The van der Waals surface area contributed by atoms with Crippen LogP contribution >= 0.6 is 0 Å². The van der Waals surface area contributed by atoms with Crippen LogP contribution in [-0.4, -0.2) is 16.0 Å². The molecule has 1 amide bonds. The highest BCUT2D eigenvalue weighted by Crippen LogP contribution is 2.46. The second kappa shape index (κ2) is 7.44. The van der Waals surface area contributed by atoms with Gasteiger partial charge in [0.05, 0.1) is 11.5 Å². The van der Waals surface area contributed by atoms with Crippen molar-refractivity contribution in [3.05, 3.63) is 77.2 Å². The number of carbonyl (C=O) groups excluding carboxylic acids is 1. The molecule has 30 heavy (non-hydrogen) atoms. The van der Waals surface area contributed by atoms with E-state index in [1.54, 1.807) is 6.92 Å². The van der Waals surface area contributed by atoms with Gasteiger partial charge < -0.3 is 9.84 Å². The molecule has 0 fully saturated rings. The molecule has 2 atom stereocenters. The van der Waals surface area contributed by atoms with Gasteiger partial charge in [0.15, 0.2) is 0 Å². The van der Waals surface area contributed by atoms with Gasteiger partial charge in [-0.05, 0) is 37.1 Å². The smallest absolute Gasteiger partial charge is 0.344 e. The standard InChI is InChI=1S/C22H18F3N3O2/c1-12-17(14-6-4-3-5-7-14)18(12)20(29)26-13(2)21-27-19(28-30-21)15-8-10-16(11-9-15)22(23,24)25/h3-11,13,18H,1-2H3,(H,26,29). The van der Waals surface area contributed by atoms with Crippen LogP contribution in [0, 0.1) is 5.92 Å². The van der Waals surface area contributed by atoms with Crippen LogP contribution in [-0.2, 0) is 11.0 Å². The molecular weight excluding hydrogens is 395 g/mol. The van der Waals surface area contributed by atoms with Gasteiger partial charge in [0.1, 0.15) is 6.04 Å². The first-order valence-electron chi connectivity index (χ1n) is 9.33. The normalized spacial score (nSPS) is 17.0. The van der Waals surface area contributed by atoms with E-state index < -0.39 is 17.8 Å². The van der Waals surface area contributed by atoms with Crippen LogP contribution in [0.25, 0.3) is 17.0 Å². The van der Waals surface area contributed by atoms with Gasteiger partial charge in [-0.1, -0.05) is 53.2 Å². The summed E-state index contributed by atoms with van der Waals surface area (Å²) in [4.78, 5) is 16.9. The summed E-state index contributed by atoms with van der Waals surface area (Å²) in [5, 5.41) is 6.67. The number of aromatic nitrogens is 2. The molecule has 5 nitrogen and oxygen atoms in total. The highest BCUT2D eigenvalue weighted by molar-refractivity contribution is 6.05. The van der Waals surface area contributed by atoms with Crippen molar-refractivity contribution in [3.8, 4) is 11.4 Å². The number of nitrogens with zero attached hydrogens (tertiary/aromatic N) is 2. The van der Waals surface area contributed by atoms with Crippen molar-refractivity contribution in [2.45, 2.75) is 26.1 Å². The molecule has 1 N–H and O–H groups in total. The predicted molar refractivity (Wildman–Crippen MR) is 104 cm³/mol. The Morgan fingerprint density at radius 1 is 1.07 bits per heavy atom. The molecule has 0 radical (unpaired) electrons. The minimum Gasteiger partial charge on any atom is -0.344 e. The molecule has 8 heteroatoms. The third-order valence-electron chi connectivity index (χ3n) is 5.05. The third-order valence-corrected chi connectivity index (χ3v) is 5.05. The quantitative estimate of drug-likeness (QED) is 0.637. The Labute approximate surface area is 170 Å². The van der Waals surface area contributed by atoms with Crippen LogP contribution in [0.3, 0.4) is 0 Å². The molecule has 4 rings (SSSR count). The first-order valence-corrected chi connectivity index (χ1v) is 9.33. The van der Waals surface area contributed by atoms with Crippen molar-refractivity contribution >= 4 is 11.5 Å². The van der Waals surface area contributed by atoms with Gasteiger partial charge >= 0.3 is 6.18 Å². The summed E-state index contributed by atoms with van der Waals surface area (Å²) in [5.41, 5.74) is 2.68. The second-order valence-corrected chi connectivity index (χ2v) is 7.16. The molecule has 3 aromatic rings. The van der Waals surface area contributed by atoms with Gasteiger partial charge in [0.25, 0.3) is 0 Å². The zero-order valence-electron chi connectivity index (χ0n) is 16.2. The van der Waals surface area contributed by atoms with Crippen molar-refractivity contribution in [1.82, 2.24) is 15.5 Å². The van der Waals surface area contributed by atoms with Crippen molar-refractivity contribution in [2.75, 3.05) is 0 Å². The largest absolute Gasteiger partial charge is 0.416 e. The summed E-state index contributed by atoms with van der Waals surface area (Å²) in [5.74, 6) is -0.108. The van der Waals surface area contributed by atoms with E-state index in [0.29, 0.717) is 5.56 Å². The average molecular weight is 413 g/mol. The lowest BCUT2D eigenvalue weighted by Crippen LogP contribution is -2.29. The highest BCUT2D eigenvalue weighted by atomic mass is 19.4. The predicted octanol–water partition coefficient (Wildman–Crippen LogP) is 5.04. The maximum Gasteiger partial charge on any atom is 0.416 e. The van der Waals surface area contributed by atoms with Gasteiger partial charge in [-0.2, -0.15) is 18.2 Å². The first-order chi connectivity index (χ1) is 14.3. The van der Waals surface area contributed by atoms with E-state index in [9.17, 15) is 18.0 Å². The third kappa shape index (κ3) is 3.85. The lowest BCUT2D eigenvalue weighted by Gasteiger charge is -2.10. The SMILES string of the molecule is CC1=C(c2ccccc2)C1C(=O)NC(C)c1nc(-c2ccc(C(F)(F)F)cc2)no1. The number of hydrogen-bond acceptors (Lipinski definition) is 4. The summed E-state index contributed by atoms with van der Waals surface area (Å²) < 4.78 is 43.3. The molecule has 0 bridgehead atoms. The fourth-order valence-corrected chi connectivity index (χ4v) is 3.37. The van der Waals surface area contributed by atoms with E-state index in [2.05, 4.69) is 15.5 Å². The van der Waals surface area contributed by atoms with Gasteiger partial charge in [-0.15, -0.1) is 0 Å². The molecule has 1 aliphatic rings. The monoisotopic (exact) mass is 413 g/mol. The Bertz CT molecular complexity index is 1100. The lowest BCUT2D eigenvalue weighted by molar-refractivity contribution is -0.137. The molecule has 154 valence electrons. The number of halogens is 3. The van der Waals surface area contributed by atoms with Crippen molar-refractivity contribution in [3.63, 3.8) is 0 Å². The summed E-state index contributed by atoms with van der Waals surface area (Å²) in [6, 6.07) is 13.6. The van der Waals surface area contributed by atoms with E-state index in [-0.39, 0.29) is 23.5 Å². The maximum absolute atomic E-state index is 12.7. The number of benzene rings is 2. The second-order valence-electron chi connectivity index (χ2n) is 7.16. The van der Waals surface area contributed by atoms with E-state index in [1.807, 2.05) is 37.3 Å². The van der Waals surface area contributed by atoms with Crippen LogP contribution in [0.1, 0.15) is 36.9 Å². The topological polar surface area (TPSA) is 68.0 Å². The Hall–Kier alpha value is -3.42. The average Bonchev–Trinajstić information content (AvgIpc) is 3.16. The number of nitrogens with one attached hydrogen (secondary N) is 1. The number of alkyl halides is 3. The van der Waals surface area contributed by atoms with E-state index in [4.69, 9.17) is 4.52 Å². The van der Waals surface area contributed by atoms with Crippen molar-refractivity contribution in [1.29, 1.82) is 0 Å². The fourth-order valence-electron chi connectivity index (χ4n) is 3.37. The van der Waals surface area contributed by atoms with Crippen molar-refractivity contribution in [2.24, 2.45) is 5.92 Å². The molecule has 0 saturated carbocycles. The Balaban J connectivity index is 1.41. The molecule has 1 aromatic heterocycles. The highest BCUT2D eigenvalue weighted by Gasteiger charge is 2.40. The molecule has 2 aromatic carbocycles. The molecule has 2 unspecified atom stereocenters. The minimum atomic E-state index is -4.41. The van der Waals surface area contributed by atoms with Crippen LogP contribution in [0.4, 0.5) is 13.2 Å². The lowest BCUT2D eigenvalue weighted by atomic mass is 10.1. The fraction of sp³-hybridized carbons (Fsp3) is 0.227. The summed E-state index contributed by atoms with van der Waals surface area (Å²) in [7, 11) is 0. The van der Waals surface area contributed by atoms with E-state index in [1.165, 1.54) is 12.1 Å². The van der Waals surface area contributed by atoms with Crippen molar-refractivity contribution < 1.29 is 22.5 Å². The van der Waals surface area contributed by atoms with Crippen LogP contribution < -0.4 is 5.32 Å². The molecular formula is C22H18F3N3O2. The maximum atomic E-state index is 12.7. The van der Waals surface area contributed by atoms with Crippen LogP contribution in [0.5, 0.6) is 0 Å². The van der Waals surface area contributed by atoms with E-state index >= 15 is 0 Å². The van der Waals surface area contributed by atoms with Crippen LogP contribution in [0.2, 0.25) is 0 Å². The van der Waals surface area contributed by atoms with Gasteiger partial charge in [0.2, 0.25) is 17.6 Å². The Morgan fingerprint density at radius 3 is 2.37 bits per heavy atom. The number of hydrogen-bond donors (Lipinski definition) is 1. The minimum absolute atomic E-state index is 0.158.